The number of nitrogens with zero attached hydrogens (tertiary/aromatic N) is 1. The Bertz CT molecular complexity index is 1120. The normalized spacial score (nSPS) is 17.0. The Morgan fingerprint density at radius 1 is 1.05 bits per heavy atom. The van der Waals surface area contributed by atoms with Gasteiger partial charge in [-0.05, 0) is 61.3 Å². The lowest BCUT2D eigenvalue weighted by Gasteiger charge is -2.32. The van der Waals surface area contributed by atoms with E-state index in [1.807, 2.05) is 24.4 Å². The number of hydrogen-bond acceptors (Lipinski definition) is 7. The molecule has 1 aliphatic heterocycles. The molecular weight excluding hydrogens is 520 g/mol. The summed E-state index contributed by atoms with van der Waals surface area (Å²) in [6.07, 6.45) is 18.3. The molecule has 0 aliphatic carbocycles. The molecule has 41 heavy (non-hydrogen) atoms. The fourth-order valence-electron chi connectivity index (χ4n) is 5.64. The van der Waals surface area contributed by atoms with Crippen LogP contribution in [0.3, 0.4) is 0 Å². The molecular formula is C31H48N6O4. The fourth-order valence-corrected chi connectivity index (χ4v) is 5.64. The topological polar surface area (TPSA) is 169 Å². The molecule has 0 fully saturated rings. The van der Waals surface area contributed by atoms with Crippen molar-refractivity contribution in [1.29, 1.82) is 0 Å². The molecule has 3 heterocycles. The number of rotatable bonds is 20. The highest BCUT2D eigenvalue weighted by Crippen LogP contribution is 2.27. The Balaban J connectivity index is 1.68. The maximum absolute atomic E-state index is 11.9. The van der Waals surface area contributed by atoms with Crippen LogP contribution >= 0.6 is 0 Å². The van der Waals surface area contributed by atoms with E-state index in [-0.39, 0.29) is 24.2 Å². The quantitative estimate of drug-likeness (QED) is 0.0922. The van der Waals surface area contributed by atoms with Gasteiger partial charge in [0.1, 0.15) is 5.82 Å². The van der Waals surface area contributed by atoms with Gasteiger partial charge in [-0.2, -0.15) is 0 Å². The minimum absolute atomic E-state index is 0.106. The third-order valence-electron chi connectivity index (χ3n) is 7.80. The summed E-state index contributed by atoms with van der Waals surface area (Å²) in [6.45, 7) is 0.830. The molecule has 10 nitrogen and oxygen atoms in total. The second kappa shape index (κ2) is 18.0. The second-order valence-electron chi connectivity index (χ2n) is 11.1. The van der Waals surface area contributed by atoms with E-state index in [2.05, 4.69) is 25.6 Å². The highest BCUT2D eigenvalue weighted by atomic mass is 16.4. The smallest absolute Gasteiger partial charge is 0.328 e. The summed E-state index contributed by atoms with van der Waals surface area (Å²) in [6, 6.07) is 6.90. The van der Waals surface area contributed by atoms with E-state index in [1.54, 1.807) is 12.3 Å². The van der Waals surface area contributed by atoms with E-state index in [0.717, 1.165) is 61.9 Å². The lowest BCUT2D eigenvalue weighted by atomic mass is 9.85. The maximum Gasteiger partial charge on any atom is 0.328 e. The lowest BCUT2D eigenvalue weighted by Crippen LogP contribution is -2.48. The fraction of sp³-hybridized carbons (Fsp3) is 0.581. The third kappa shape index (κ3) is 12.3. The lowest BCUT2D eigenvalue weighted by molar-refractivity contribution is -0.131. The van der Waals surface area contributed by atoms with Gasteiger partial charge in [0.2, 0.25) is 5.56 Å². The van der Waals surface area contributed by atoms with Crippen LogP contribution in [-0.4, -0.2) is 57.3 Å². The van der Waals surface area contributed by atoms with Crippen LogP contribution in [0.1, 0.15) is 82.6 Å². The number of unbranched alkanes of at least 4 members (excludes halogenated alkanes) is 7. The first-order valence-corrected chi connectivity index (χ1v) is 15.1. The largest absolute Gasteiger partial charge is 0.478 e. The number of carboxylic acid groups (broad SMARTS) is 1. The van der Waals surface area contributed by atoms with Crippen LogP contribution < -0.4 is 21.9 Å². The van der Waals surface area contributed by atoms with E-state index in [0.29, 0.717) is 24.8 Å². The van der Waals surface area contributed by atoms with Crippen molar-refractivity contribution in [2.45, 2.75) is 95.6 Å². The van der Waals surface area contributed by atoms with Gasteiger partial charge in [-0.3, -0.25) is 9.79 Å². The molecule has 3 unspecified atom stereocenters. The maximum atomic E-state index is 11.9. The predicted octanol–water partition coefficient (Wildman–Crippen LogP) is 4.31. The summed E-state index contributed by atoms with van der Waals surface area (Å²) >= 11 is 0. The zero-order chi connectivity index (χ0) is 29.3. The van der Waals surface area contributed by atoms with Crippen molar-refractivity contribution < 1.29 is 15.0 Å². The van der Waals surface area contributed by atoms with Gasteiger partial charge in [-0.25, -0.2) is 4.79 Å². The average Bonchev–Trinajstić information content (AvgIpc) is 3.47. The van der Waals surface area contributed by atoms with Crippen LogP contribution in [0.2, 0.25) is 0 Å². The minimum Gasteiger partial charge on any atom is -0.478 e. The number of aliphatic hydroxyl groups excluding tert-OH is 1. The Hall–Kier alpha value is -3.53. The molecule has 1 aliphatic rings. The molecule has 0 aromatic carbocycles. The highest BCUT2D eigenvalue weighted by molar-refractivity contribution is 5.83. The van der Waals surface area contributed by atoms with Gasteiger partial charge >= 0.3 is 5.97 Å². The van der Waals surface area contributed by atoms with Crippen LogP contribution in [0.25, 0.3) is 0 Å². The molecule has 2 aromatic heterocycles. The monoisotopic (exact) mass is 568 g/mol. The number of carbonyl (C=O) groups is 1. The van der Waals surface area contributed by atoms with Gasteiger partial charge in [-0.15, -0.1) is 0 Å². The molecule has 8 N–H and O–H groups in total. The number of nitrogens with one attached hydrogen (secondary N) is 4. The molecule has 0 saturated carbocycles. The van der Waals surface area contributed by atoms with Crippen LogP contribution in [0.15, 0.2) is 58.1 Å². The zero-order valence-corrected chi connectivity index (χ0v) is 24.1. The van der Waals surface area contributed by atoms with Crippen molar-refractivity contribution in [3.05, 3.63) is 64.2 Å². The number of aliphatic imine (C=N–C) groups is 1. The first kappa shape index (κ1) is 32.0. The minimum atomic E-state index is -0.984. The number of aliphatic carboxylic acids is 1. The van der Waals surface area contributed by atoms with Gasteiger partial charge in [0.25, 0.3) is 0 Å². The number of H-pyrrole nitrogens is 2. The molecule has 0 spiro atoms. The van der Waals surface area contributed by atoms with E-state index in [1.165, 1.54) is 38.2 Å². The number of aromatic amines is 2. The van der Waals surface area contributed by atoms with Crippen molar-refractivity contribution in [3.8, 4) is 0 Å². The van der Waals surface area contributed by atoms with Crippen molar-refractivity contribution in [1.82, 2.24) is 15.3 Å². The van der Waals surface area contributed by atoms with E-state index >= 15 is 0 Å². The number of aromatic nitrogens is 2. The highest BCUT2D eigenvalue weighted by Gasteiger charge is 2.27. The van der Waals surface area contributed by atoms with Gasteiger partial charge in [0.05, 0.1) is 12.1 Å². The van der Waals surface area contributed by atoms with Gasteiger partial charge in [0, 0.05) is 37.7 Å². The first-order valence-electron chi connectivity index (χ1n) is 15.1. The molecule has 226 valence electrons. The molecule has 10 heteroatoms. The van der Waals surface area contributed by atoms with Crippen LogP contribution in [0, 0.1) is 5.92 Å². The molecule has 3 rings (SSSR count). The first-order chi connectivity index (χ1) is 19.9. The van der Waals surface area contributed by atoms with E-state index in [9.17, 15) is 14.7 Å². The number of guanidine groups is 1. The van der Waals surface area contributed by atoms with Crippen molar-refractivity contribution in [2.75, 3.05) is 18.5 Å². The molecule has 0 amide bonds. The number of aliphatic hydroxyl groups is 1. The molecule has 2 aromatic rings. The predicted molar refractivity (Wildman–Crippen MR) is 164 cm³/mol. The Morgan fingerprint density at radius 2 is 1.80 bits per heavy atom. The summed E-state index contributed by atoms with van der Waals surface area (Å²) in [7, 11) is 0. The average molecular weight is 569 g/mol. The number of pyridine rings is 1. The second-order valence-corrected chi connectivity index (χ2v) is 11.1. The summed E-state index contributed by atoms with van der Waals surface area (Å²) < 4.78 is 0. The molecule has 0 bridgehead atoms. The van der Waals surface area contributed by atoms with Crippen molar-refractivity contribution in [3.63, 3.8) is 0 Å². The van der Waals surface area contributed by atoms with Gasteiger partial charge in [-0.1, -0.05) is 57.4 Å². The standard InChI is InChI=1S/C31H48N6O4/c32-31-34-18-16-27(37-31)25(21-30(40)41)26(36-28-11-9-17-33-28)14-12-23(20-24-13-15-29(39)35-22-24)10-7-5-3-1-2-4-6-8-19-38/h9,11,13,15,17,21-23,26-27,33,36,38H,1-8,10,12,14,16,18-20H2,(H,35,39)(H,40,41)(H3,32,34,37). The summed E-state index contributed by atoms with van der Waals surface area (Å²) in [5.74, 6) is 0.568. The van der Waals surface area contributed by atoms with E-state index in [4.69, 9.17) is 10.8 Å². The molecule has 0 saturated heterocycles. The zero-order valence-electron chi connectivity index (χ0n) is 24.1. The number of nitrogens with two attached hydrogens (primary N) is 1. The molecule has 3 atom stereocenters. The molecule has 0 radical (unpaired) electrons. The Kier molecular flexibility index (Phi) is 14.1. The van der Waals surface area contributed by atoms with Crippen LogP contribution in [0.5, 0.6) is 0 Å². The van der Waals surface area contributed by atoms with Gasteiger partial charge in [0.15, 0.2) is 5.96 Å². The van der Waals surface area contributed by atoms with Crippen molar-refractivity contribution >= 4 is 17.7 Å². The number of anilines is 1. The Morgan fingerprint density at radius 3 is 2.44 bits per heavy atom. The van der Waals surface area contributed by atoms with Crippen LogP contribution in [0.4, 0.5) is 5.82 Å². The summed E-state index contributed by atoms with van der Waals surface area (Å²) in [4.78, 5) is 33.7. The number of carboxylic acids is 1. The van der Waals surface area contributed by atoms with Gasteiger partial charge < -0.3 is 36.5 Å². The summed E-state index contributed by atoms with van der Waals surface area (Å²) in [5.41, 5.74) is 7.73. The van der Waals surface area contributed by atoms with E-state index < -0.39 is 5.97 Å². The van der Waals surface area contributed by atoms with Crippen molar-refractivity contribution in [2.24, 2.45) is 16.6 Å². The SMILES string of the molecule is NC1=NCCC(C(=CC(=O)O)C(CCC(CCCCCCCCCCO)Cc2ccc(=O)[nH]c2)Nc2ccc[nH]2)N1. The number of hydrogen-bond donors (Lipinski definition) is 7. The Labute approximate surface area is 242 Å². The third-order valence-corrected chi connectivity index (χ3v) is 7.80. The van der Waals surface area contributed by atoms with Crippen LogP contribution in [-0.2, 0) is 11.2 Å². The summed E-state index contributed by atoms with van der Waals surface area (Å²) in [5, 5.41) is 25.4.